The summed E-state index contributed by atoms with van der Waals surface area (Å²) in [7, 11) is 1.68. The predicted octanol–water partition coefficient (Wildman–Crippen LogP) is 2.50. The van der Waals surface area contributed by atoms with Gasteiger partial charge in [0, 0.05) is 43.8 Å². The summed E-state index contributed by atoms with van der Waals surface area (Å²) in [5.41, 5.74) is 2.24. The van der Waals surface area contributed by atoms with Gasteiger partial charge in [0.1, 0.15) is 5.52 Å². The van der Waals surface area contributed by atoms with Gasteiger partial charge in [-0.2, -0.15) is 0 Å². The van der Waals surface area contributed by atoms with E-state index in [-0.39, 0.29) is 11.5 Å². The minimum Gasteiger partial charge on any atom is -0.357 e. The average molecular weight is 321 g/mol. The number of nitrogens with zero attached hydrogens (tertiary/aromatic N) is 2. The third kappa shape index (κ3) is 2.33. The number of aromatic amines is 1. The fourth-order valence-electron chi connectivity index (χ4n) is 3.55. The van der Waals surface area contributed by atoms with Crippen LogP contribution in [0.5, 0.6) is 0 Å². The van der Waals surface area contributed by atoms with Gasteiger partial charge in [0.05, 0.1) is 5.56 Å². The zero-order valence-corrected chi connectivity index (χ0v) is 13.5. The average Bonchev–Trinajstić information content (AvgIpc) is 3.28. The molecule has 0 bridgehead atoms. The molecular weight excluding hydrogens is 302 g/mol. The van der Waals surface area contributed by atoms with Gasteiger partial charge >= 0.3 is 0 Å². The minimum absolute atomic E-state index is 0.00590. The molecular formula is C19H19N3O2. The summed E-state index contributed by atoms with van der Waals surface area (Å²) in [6.07, 6.45) is 4.33. The molecule has 0 spiro atoms. The Bertz CT molecular complexity index is 956. The van der Waals surface area contributed by atoms with Gasteiger partial charge < -0.3 is 14.5 Å². The molecule has 24 heavy (non-hydrogen) atoms. The van der Waals surface area contributed by atoms with E-state index in [2.05, 4.69) is 17.1 Å². The molecule has 1 unspecified atom stereocenters. The van der Waals surface area contributed by atoms with E-state index in [0.717, 1.165) is 19.5 Å². The second kappa shape index (κ2) is 5.67. The van der Waals surface area contributed by atoms with Crippen LogP contribution in [0.25, 0.3) is 10.9 Å². The topological polar surface area (TPSA) is 58.1 Å². The molecule has 1 aromatic carbocycles. The number of carbonyl (C=O) groups is 1. The van der Waals surface area contributed by atoms with Crippen molar-refractivity contribution in [3.63, 3.8) is 0 Å². The van der Waals surface area contributed by atoms with Crippen molar-refractivity contribution in [2.45, 2.75) is 12.3 Å². The van der Waals surface area contributed by atoms with E-state index < -0.39 is 0 Å². The third-order valence-corrected chi connectivity index (χ3v) is 4.87. The standard InChI is InChI=1S/C19H19N3O2/c1-21-12-16(15-7-9-20-17(15)19(21)24)18(23)22-10-8-14(11-22)13-5-3-2-4-6-13/h2-7,9,12,14,20H,8,10-11H2,1H3. The molecule has 1 atom stereocenters. The maximum absolute atomic E-state index is 13.0. The molecule has 1 aliphatic rings. The fraction of sp³-hybridized carbons (Fsp3) is 0.263. The normalized spacial score (nSPS) is 17.5. The zero-order chi connectivity index (χ0) is 16.7. The summed E-state index contributed by atoms with van der Waals surface area (Å²) in [6, 6.07) is 12.1. The number of aryl methyl sites for hydroxylation is 1. The quantitative estimate of drug-likeness (QED) is 0.788. The lowest BCUT2D eigenvalue weighted by molar-refractivity contribution is 0.0792. The lowest BCUT2D eigenvalue weighted by Crippen LogP contribution is -2.30. The molecule has 3 heterocycles. The van der Waals surface area contributed by atoms with Crippen LogP contribution in [0.2, 0.25) is 0 Å². The van der Waals surface area contributed by atoms with Crippen LogP contribution in [-0.2, 0) is 7.05 Å². The van der Waals surface area contributed by atoms with E-state index in [1.807, 2.05) is 23.1 Å². The van der Waals surface area contributed by atoms with Crippen LogP contribution in [-0.4, -0.2) is 33.4 Å². The molecule has 2 aromatic heterocycles. The van der Waals surface area contributed by atoms with Gasteiger partial charge in [-0.25, -0.2) is 0 Å². The number of hydrogen-bond acceptors (Lipinski definition) is 2. The van der Waals surface area contributed by atoms with Gasteiger partial charge in [-0.05, 0) is 18.1 Å². The number of rotatable bonds is 2. The Morgan fingerprint density at radius 3 is 2.79 bits per heavy atom. The van der Waals surface area contributed by atoms with E-state index in [9.17, 15) is 9.59 Å². The van der Waals surface area contributed by atoms with E-state index in [4.69, 9.17) is 0 Å². The van der Waals surface area contributed by atoms with Crippen molar-refractivity contribution in [2.75, 3.05) is 13.1 Å². The Hall–Kier alpha value is -2.82. The van der Waals surface area contributed by atoms with Crippen LogP contribution in [0.15, 0.2) is 53.6 Å². The van der Waals surface area contributed by atoms with Crippen LogP contribution in [0.1, 0.15) is 28.3 Å². The number of hydrogen-bond donors (Lipinski definition) is 1. The van der Waals surface area contributed by atoms with Crippen LogP contribution < -0.4 is 5.56 Å². The van der Waals surface area contributed by atoms with E-state index in [1.54, 1.807) is 25.5 Å². The van der Waals surface area contributed by atoms with Crippen LogP contribution in [0.3, 0.4) is 0 Å². The summed E-state index contributed by atoms with van der Waals surface area (Å²) in [6.45, 7) is 1.46. The van der Waals surface area contributed by atoms with Gasteiger partial charge in [-0.15, -0.1) is 0 Å². The monoisotopic (exact) mass is 321 g/mol. The fourth-order valence-corrected chi connectivity index (χ4v) is 3.55. The summed E-state index contributed by atoms with van der Waals surface area (Å²) in [4.78, 5) is 30.0. The second-order valence-corrected chi connectivity index (χ2v) is 6.37. The Morgan fingerprint density at radius 2 is 2.00 bits per heavy atom. The molecule has 0 aliphatic carbocycles. The van der Waals surface area contributed by atoms with Gasteiger partial charge in [0.15, 0.2) is 0 Å². The lowest BCUT2D eigenvalue weighted by atomic mass is 9.99. The first kappa shape index (κ1) is 14.8. The number of pyridine rings is 1. The summed E-state index contributed by atoms with van der Waals surface area (Å²) >= 11 is 0. The molecule has 3 aromatic rings. The highest BCUT2D eigenvalue weighted by Crippen LogP contribution is 2.28. The maximum atomic E-state index is 13.0. The molecule has 1 fully saturated rings. The van der Waals surface area contributed by atoms with Gasteiger partial charge in [0.25, 0.3) is 11.5 Å². The number of benzene rings is 1. The van der Waals surface area contributed by atoms with Crippen LogP contribution in [0, 0.1) is 0 Å². The first-order valence-corrected chi connectivity index (χ1v) is 8.16. The number of fused-ring (bicyclic) bond motifs is 1. The minimum atomic E-state index is -0.116. The maximum Gasteiger partial charge on any atom is 0.274 e. The highest BCUT2D eigenvalue weighted by atomic mass is 16.2. The van der Waals surface area contributed by atoms with Crippen LogP contribution in [0.4, 0.5) is 0 Å². The number of H-pyrrole nitrogens is 1. The highest BCUT2D eigenvalue weighted by Gasteiger charge is 2.29. The third-order valence-electron chi connectivity index (χ3n) is 4.87. The van der Waals surface area contributed by atoms with Crippen molar-refractivity contribution in [1.29, 1.82) is 0 Å². The van der Waals surface area contributed by atoms with Crippen LogP contribution >= 0.6 is 0 Å². The molecule has 0 saturated carbocycles. The molecule has 0 radical (unpaired) electrons. The van der Waals surface area contributed by atoms with Crippen molar-refractivity contribution < 1.29 is 4.79 Å². The highest BCUT2D eigenvalue weighted by molar-refractivity contribution is 6.06. The molecule has 5 nitrogen and oxygen atoms in total. The van der Waals surface area contributed by atoms with Crippen molar-refractivity contribution in [3.05, 3.63) is 70.3 Å². The van der Waals surface area contributed by atoms with Gasteiger partial charge in [-0.3, -0.25) is 9.59 Å². The summed E-state index contributed by atoms with van der Waals surface area (Å²) < 4.78 is 1.47. The van der Waals surface area contributed by atoms with Crippen molar-refractivity contribution in [1.82, 2.24) is 14.5 Å². The first-order chi connectivity index (χ1) is 11.6. The SMILES string of the molecule is Cn1cc(C(=O)N2CCC(c3ccccc3)C2)c2cc[nH]c2c1=O. The number of carbonyl (C=O) groups excluding carboxylic acids is 1. The molecule has 5 heteroatoms. The number of amides is 1. The first-order valence-electron chi connectivity index (χ1n) is 8.16. The Kier molecular flexibility index (Phi) is 3.49. The van der Waals surface area contributed by atoms with Gasteiger partial charge in [-0.1, -0.05) is 30.3 Å². The molecule has 1 aliphatic heterocycles. The van der Waals surface area contributed by atoms with E-state index in [1.165, 1.54) is 10.1 Å². The molecule has 1 saturated heterocycles. The molecule has 4 rings (SSSR count). The second-order valence-electron chi connectivity index (χ2n) is 6.37. The lowest BCUT2D eigenvalue weighted by Gasteiger charge is -2.18. The summed E-state index contributed by atoms with van der Waals surface area (Å²) in [5.74, 6) is 0.373. The number of nitrogens with one attached hydrogen (secondary N) is 1. The predicted molar refractivity (Wildman–Crippen MR) is 93.2 cm³/mol. The Labute approximate surface area is 139 Å². The smallest absolute Gasteiger partial charge is 0.274 e. The molecule has 122 valence electrons. The van der Waals surface area contributed by atoms with Crippen molar-refractivity contribution in [3.8, 4) is 0 Å². The largest absolute Gasteiger partial charge is 0.357 e. The molecule has 1 N–H and O–H groups in total. The van der Waals surface area contributed by atoms with Gasteiger partial charge in [0.2, 0.25) is 0 Å². The number of aromatic nitrogens is 2. The van der Waals surface area contributed by atoms with E-state index in [0.29, 0.717) is 22.4 Å². The van der Waals surface area contributed by atoms with Crippen molar-refractivity contribution in [2.24, 2.45) is 7.05 Å². The Morgan fingerprint density at radius 1 is 1.21 bits per heavy atom. The number of likely N-dealkylation sites (tertiary alicyclic amines) is 1. The Balaban J connectivity index is 1.65. The molecule has 1 amide bonds. The summed E-state index contributed by atoms with van der Waals surface area (Å²) in [5, 5.41) is 0.700. The van der Waals surface area contributed by atoms with E-state index >= 15 is 0 Å². The zero-order valence-electron chi connectivity index (χ0n) is 13.5. The van der Waals surface area contributed by atoms with Crippen molar-refractivity contribution >= 4 is 16.8 Å².